The molecule has 1 fully saturated rings. The van der Waals surface area contributed by atoms with Gasteiger partial charge in [0.25, 0.3) is 0 Å². The fourth-order valence-electron chi connectivity index (χ4n) is 1.86. The standard InChI is InChI=1S/C12H15ClN2O3S/c13-10-4-3-8(19-10)6-14-12(18)15-9(5-11(16)17)7-1-2-7/h3-4,7,9H,1-2,5-6H2,(H,16,17)(H2,14,15,18). The van der Waals surface area contributed by atoms with Crippen LogP contribution in [0.5, 0.6) is 0 Å². The first-order valence-electron chi connectivity index (χ1n) is 6.05. The Balaban J connectivity index is 1.77. The number of halogens is 1. The third-order valence-electron chi connectivity index (χ3n) is 2.95. The summed E-state index contributed by atoms with van der Waals surface area (Å²) < 4.78 is 0.680. The highest BCUT2D eigenvalue weighted by Crippen LogP contribution is 2.34. The highest BCUT2D eigenvalue weighted by Gasteiger charge is 2.33. The Morgan fingerprint density at radius 3 is 2.74 bits per heavy atom. The number of hydrogen-bond donors (Lipinski definition) is 3. The van der Waals surface area contributed by atoms with Gasteiger partial charge in [0.1, 0.15) is 0 Å². The first-order chi connectivity index (χ1) is 9.04. The van der Waals surface area contributed by atoms with E-state index in [1.165, 1.54) is 11.3 Å². The lowest BCUT2D eigenvalue weighted by molar-refractivity contribution is -0.137. The van der Waals surface area contributed by atoms with Crippen LogP contribution in [-0.4, -0.2) is 23.1 Å². The van der Waals surface area contributed by atoms with Crippen molar-refractivity contribution in [2.24, 2.45) is 5.92 Å². The summed E-state index contributed by atoms with van der Waals surface area (Å²) >= 11 is 7.20. The normalized spacial score (nSPS) is 15.8. The van der Waals surface area contributed by atoms with Gasteiger partial charge in [-0.05, 0) is 30.9 Å². The zero-order valence-corrected chi connectivity index (χ0v) is 11.8. The molecule has 0 radical (unpaired) electrons. The van der Waals surface area contributed by atoms with Crippen molar-refractivity contribution in [2.75, 3.05) is 0 Å². The second kappa shape index (κ2) is 6.25. The molecular weight excluding hydrogens is 288 g/mol. The smallest absolute Gasteiger partial charge is 0.315 e. The molecule has 1 aliphatic rings. The van der Waals surface area contributed by atoms with Crippen molar-refractivity contribution in [1.82, 2.24) is 10.6 Å². The van der Waals surface area contributed by atoms with E-state index < -0.39 is 5.97 Å². The Labute approximate surface area is 120 Å². The summed E-state index contributed by atoms with van der Waals surface area (Å²) in [6, 6.07) is 3.02. The number of carboxylic acids is 1. The number of hydrogen-bond acceptors (Lipinski definition) is 3. The number of carbonyl (C=O) groups is 2. The van der Waals surface area contributed by atoms with Gasteiger partial charge in [0.2, 0.25) is 0 Å². The maximum Gasteiger partial charge on any atom is 0.315 e. The maximum atomic E-state index is 11.7. The monoisotopic (exact) mass is 302 g/mol. The van der Waals surface area contributed by atoms with E-state index in [1.807, 2.05) is 6.07 Å². The molecule has 2 amide bonds. The molecule has 3 N–H and O–H groups in total. The fourth-order valence-corrected chi connectivity index (χ4v) is 2.88. The van der Waals surface area contributed by atoms with Gasteiger partial charge in [-0.2, -0.15) is 0 Å². The summed E-state index contributed by atoms with van der Waals surface area (Å²) in [7, 11) is 0. The van der Waals surface area contributed by atoms with Crippen LogP contribution in [0.2, 0.25) is 4.34 Å². The molecular formula is C12H15ClN2O3S. The van der Waals surface area contributed by atoms with Crippen molar-refractivity contribution in [3.05, 3.63) is 21.3 Å². The number of thiophene rings is 1. The summed E-state index contributed by atoms with van der Waals surface area (Å²) in [5.74, 6) is -0.583. The number of aliphatic carboxylic acids is 1. The van der Waals surface area contributed by atoms with Gasteiger partial charge in [-0.15, -0.1) is 11.3 Å². The van der Waals surface area contributed by atoms with Crippen molar-refractivity contribution in [3.63, 3.8) is 0 Å². The summed E-state index contributed by atoms with van der Waals surface area (Å²) in [6.45, 7) is 0.397. The zero-order chi connectivity index (χ0) is 13.8. The quantitative estimate of drug-likeness (QED) is 0.755. The molecule has 0 spiro atoms. The van der Waals surface area contributed by atoms with Gasteiger partial charge in [0, 0.05) is 10.9 Å². The number of rotatable bonds is 6. The summed E-state index contributed by atoms with van der Waals surface area (Å²) in [5, 5.41) is 14.2. The van der Waals surface area contributed by atoms with Crippen LogP contribution >= 0.6 is 22.9 Å². The SMILES string of the molecule is O=C(O)CC(NC(=O)NCc1ccc(Cl)s1)C1CC1. The van der Waals surface area contributed by atoms with Crippen LogP contribution in [0.3, 0.4) is 0 Å². The van der Waals surface area contributed by atoms with E-state index >= 15 is 0 Å². The maximum absolute atomic E-state index is 11.7. The molecule has 104 valence electrons. The van der Waals surface area contributed by atoms with Crippen LogP contribution in [0.1, 0.15) is 24.1 Å². The minimum Gasteiger partial charge on any atom is -0.481 e. The molecule has 0 bridgehead atoms. The number of carboxylic acid groups (broad SMARTS) is 1. The molecule has 5 nitrogen and oxygen atoms in total. The Morgan fingerprint density at radius 1 is 1.47 bits per heavy atom. The topological polar surface area (TPSA) is 78.4 Å². The Bertz CT molecular complexity index is 473. The van der Waals surface area contributed by atoms with Crippen molar-refractivity contribution in [3.8, 4) is 0 Å². The average molecular weight is 303 g/mol. The second-order valence-corrected chi connectivity index (χ2v) is 6.37. The highest BCUT2D eigenvalue weighted by atomic mass is 35.5. The lowest BCUT2D eigenvalue weighted by Crippen LogP contribution is -2.43. The van der Waals surface area contributed by atoms with Crippen molar-refractivity contribution in [1.29, 1.82) is 0 Å². The molecule has 1 atom stereocenters. The summed E-state index contributed by atoms with van der Waals surface area (Å²) in [5.41, 5.74) is 0. The molecule has 0 saturated heterocycles. The van der Waals surface area contributed by atoms with Crippen LogP contribution in [0.15, 0.2) is 12.1 Å². The van der Waals surface area contributed by atoms with E-state index in [1.54, 1.807) is 6.07 Å². The fraction of sp³-hybridized carbons (Fsp3) is 0.500. The van der Waals surface area contributed by atoms with Crippen molar-refractivity contribution in [2.45, 2.75) is 31.8 Å². The minimum atomic E-state index is -0.887. The number of carbonyl (C=O) groups excluding carboxylic acids is 1. The van der Waals surface area contributed by atoms with Gasteiger partial charge in [0.15, 0.2) is 0 Å². The molecule has 2 rings (SSSR count). The third-order valence-corrected chi connectivity index (χ3v) is 4.19. The van der Waals surface area contributed by atoms with Gasteiger partial charge >= 0.3 is 12.0 Å². The summed E-state index contributed by atoms with van der Waals surface area (Å²) in [4.78, 5) is 23.4. The molecule has 1 heterocycles. The van der Waals surface area contributed by atoms with E-state index in [4.69, 9.17) is 16.7 Å². The van der Waals surface area contributed by atoms with E-state index in [9.17, 15) is 9.59 Å². The number of urea groups is 1. The molecule has 19 heavy (non-hydrogen) atoms. The Morgan fingerprint density at radius 2 is 2.21 bits per heavy atom. The second-order valence-electron chi connectivity index (χ2n) is 4.57. The van der Waals surface area contributed by atoms with Crippen LogP contribution in [0.4, 0.5) is 4.79 Å². The average Bonchev–Trinajstić information content (AvgIpc) is 3.09. The van der Waals surface area contributed by atoms with Gasteiger partial charge in [-0.3, -0.25) is 4.79 Å². The van der Waals surface area contributed by atoms with E-state index in [0.29, 0.717) is 16.8 Å². The molecule has 1 saturated carbocycles. The molecule has 1 aromatic rings. The predicted octanol–water partition coefficient (Wildman–Crippen LogP) is 2.45. The van der Waals surface area contributed by atoms with Crippen LogP contribution < -0.4 is 10.6 Å². The number of amides is 2. The zero-order valence-electron chi connectivity index (χ0n) is 10.2. The minimum absolute atomic E-state index is 0.0249. The van der Waals surface area contributed by atoms with Gasteiger partial charge < -0.3 is 15.7 Å². The van der Waals surface area contributed by atoms with E-state index in [0.717, 1.165) is 17.7 Å². The highest BCUT2D eigenvalue weighted by molar-refractivity contribution is 7.16. The number of nitrogens with one attached hydrogen (secondary N) is 2. The molecule has 1 aliphatic carbocycles. The van der Waals surface area contributed by atoms with E-state index in [-0.39, 0.29) is 18.5 Å². The lowest BCUT2D eigenvalue weighted by Gasteiger charge is -2.16. The van der Waals surface area contributed by atoms with Crippen molar-refractivity contribution < 1.29 is 14.7 Å². The van der Waals surface area contributed by atoms with E-state index in [2.05, 4.69) is 10.6 Å². The first-order valence-corrected chi connectivity index (χ1v) is 7.24. The molecule has 1 unspecified atom stereocenters. The summed E-state index contributed by atoms with van der Waals surface area (Å²) in [6.07, 6.45) is 1.94. The van der Waals surface area contributed by atoms with Gasteiger partial charge in [-0.1, -0.05) is 11.6 Å². The third kappa shape index (κ3) is 4.72. The first kappa shape index (κ1) is 14.1. The van der Waals surface area contributed by atoms with Gasteiger partial charge in [0.05, 0.1) is 17.3 Å². The van der Waals surface area contributed by atoms with Crippen LogP contribution in [-0.2, 0) is 11.3 Å². The van der Waals surface area contributed by atoms with Gasteiger partial charge in [-0.25, -0.2) is 4.79 Å². The predicted molar refractivity (Wildman–Crippen MR) is 73.5 cm³/mol. The molecule has 1 aromatic heterocycles. The molecule has 0 aromatic carbocycles. The van der Waals surface area contributed by atoms with Crippen LogP contribution in [0, 0.1) is 5.92 Å². The molecule has 0 aliphatic heterocycles. The Hall–Kier alpha value is -1.27. The largest absolute Gasteiger partial charge is 0.481 e. The van der Waals surface area contributed by atoms with Crippen molar-refractivity contribution >= 4 is 34.9 Å². The van der Waals surface area contributed by atoms with Crippen LogP contribution in [0.25, 0.3) is 0 Å². The lowest BCUT2D eigenvalue weighted by atomic mass is 10.1. The Kier molecular flexibility index (Phi) is 4.66. The molecule has 7 heteroatoms.